The lowest BCUT2D eigenvalue weighted by molar-refractivity contribution is -0.123. The molecule has 0 bridgehead atoms. The first-order chi connectivity index (χ1) is 16.8. The van der Waals surface area contributed by atoms with Crippen molar-refractivity contribution in [2.75, 3.05) is 5.32 Å². The second-order valence-electron chi connectivity index (χ2n) is 7.94. The summed E-state index contributed by atoms with van der Waals surface area (Å²) in [5.74, 6) is -0.658. The number of benzene rings is 3. The number of ketones is 1. The second-order valence-corrected chi connectivity index (χ2v) is 7.94. The van der Waals surface area contributed by atoms with Crippen LogP contribution in [0, 0.1) is 6.92 Å². The number of carbonyl (C=O) groups is 3. The van der Waals surface area contributed by atoms with Crippen molar-refractivity contribution in [2.45, 2.75) is 26.9 Å². The maximum absolute atomic E-state index is 12.6. The average molecular weight is 469 g/mol. The minimum absolute atomic E-state index is 0.182. The van der Waals surface area contributed by atoms with Crippen LogP contribution >= 0.6 is 0 Å². The number of carbonyl (C=O) groups excluding carboxylic acids is 3. The predicted molar refractivity (Wildman–Crippen MR) is 130 cm³/mol. The van der Waals surface area contributed by atoms with Crippen molar-refractivity contribution in [3.8, 4) is 22.9 Å². The van der Waals surface area contributed by atoms with E-state index in [1.165, 1.54) is 13.8 Å². The molecule has 4 rings (SSSR count). The van der Waals surface area contributed by atoms with Crippen molar-refractivity contribution in [3.05, 3.63) is 89.5 Å². The molecule has 1 unspecified atom stereocenters. The summed E-state index contributed by atoms with van der Waals surface area (Å²) in [6.07, 6.45) is -1.07. The molecule has 8 heteroatoms. The summed E-state index contributed by atoms with van der Waals surface area (Å²) in [7, 11) is 0. The number of Topliss-reactive ketones (excluding diaryl/α,β-unsaturated/α-hetero) is 1. The molecule has 1 amide bonds. The Balaban J connectivity index is 1.41. The maximum Gasteiger partial charge on any atom is 0.338 e. The number of esters is 1. The van der Waals surface area contributed by atoms with E-state index in [0.29, 0.717) is 28.6 Å². The Labute approximate surface area is 202 Å². The topological polar surface area (TPSA) is 111 Å². The van der Waals surface area contributed by atoms with Crippen LogP contribution in [0.5, 0.6) is 0 Å². The molecule has 0 spiro atoms. The standard InChI is InChI=1S/C27H23N3O5/c1-16-8-4-5-9-21(16)26-30-29-25(35-26)19-12-14-20(15-13-19)27(33)34-18(3)24(32)28-23-11-7-6-10-22(23)17(2)31/h4-15,18H,1-3H3,(H,28,32). The molecule has 1 atom stereocenters. The molecule has 4 aromatic rings. The summed E-state index contributed by atoms with van der Waals surface area (Å²) in [4.78, 5) is 36.8. The molecule has 0 aliphatic carbocycles. The molecule has 1 heterocycles. The number of nitrogens with zero attached hydrogens (tertiary/aromatic N) is 2. The third-order valence-electron chi connectivity index (χ3n) is 5.39. The quantitative estimate of drug-likeness (QED) is 0.296. The Morgan fingerprint density at radius 3 is 2.26 bits per heavy atom. The van der Waals surface area contributed by atoms with E-state index < -0.39 is 18.0 Å². The minimum atomic E-state index is -1.07. The molecule has 0 saturated heterocycles. The van der Waals surface area contributed by atoms with Crippen LogP contribution < -0.4 is 5.32 Å². The fraction of sp³-hybridized carbons (Fsp3) is 0.148. The molecule has 0 saturated carbocycles. The number of aryl methyl sites for hydroxylation is 1. The number of aromatic nitrogens is 2. The van der Waals surface area contributed by atoms with Crippen LogP contribution in [0.1, 0.15) is 40.1 Å². The lowest BCUT2D eigenvalue weighted by Crippen LogP contribution is -2.30. The van der Waals surface area contributed by atoms with Crippen molar-refractivity contribution in [2.24, 2.45) is 0 Å². The van der Waals surface area contributed by atoms with E-state index in [-0.39, 0.29) is 11.3 Å². The highest BCUT2D eigenvalue weighted by atomic mass is 16.5. The second kappa shape index (κ2) is 10.1. The number of anilines is 1. The number of ether oxygens (including phenoxy) is 1. The smallest absolute Gasteiger partial charge is 0.338 e. The maximum atomic E-state index is 12.6. The summed E-state index contributed by atoms with van der Waals surface area (Å²) in [6, 6.07) is 20.8. The van der Waals surface area contributed by atoms with Crippen molar-refractivity contribution in [3.63, 3.8) is 0 Å². The summed E-state index contributed by atoms with van der Waals surface area (Å²) in [6.45, 7) is 4.84. The minimum Gasteiger partial charge on any atom is -0.449 e. The zero-order chi connectivity index (χ0) is 24.9. The van der Waals surface area contributed by atoms with Crippen LogP contribution in [-0.2, 0) is 9.53 Å². The van der Waals surface area contributed by atoms with Gasteiger partial charge in [-0.25, -0.2) is 4.79 Å². The van der Waals surface area contributed by atoms with Gasteiger partial charge in [-0.3, -0.25) is 9.59 Å². The lowest BCUT2D eigenvalue weighted by atomic mass is 10.1. The van der Waals surface area contributed by atoms with E-state index in [9.17, 15) is 14.4 Å². The highest BCUT2D eigenvalue weighted by molar-refractivity contribution is 6.05. The molecule has 0 aliphatic heterocycles. The molecule has 1 aromatic heterocycles. The van der Waals surface area contributed by atoms with Crippen LogP contribution in [0.3, 0.4) is 0 Å². The van der Waals surface area contributed by atoms with E-state index in [4.69, 9.17) is 9.15 Å². The van der Waals surface area contributed by atoms with Gasteiger partial charge in [0.1, 0.15) is 0 Å². The summed E-state index contributed by atoms with van der Waals surface area (Å²) in [5, 5.41) is 10.9. The first-order valence-electron chi connectivity index (χ1n) is 10.9. The van der Waals surface area contributed by atoms with Gasteiger partial charge >= 0.3 is 5.97 Å². The summed E-state index contributed by atoms with van der Waals surface area (Å²) in [5.41, 5.74) is 3.51. The van der Waals surface area contributed by atoms with Crippen molar-refractivity contribution >= 4 is 23.3 Å². The molecule has 1 N–H and O–H groups in total. The van der Waals surface area contributed by atoms with Gasteiger partial charge < -0.3 is 14.5 Å². The van der Waals surface area contributed by atoms with Gasteiger partial charge in [0.25, 0.3) is 5.91 Å². The lowest BCUT2D eigenvalue weighted by Gasteiger charge is -2.15. The van der Waals surface area contributed by atoms with Crippen LogP contribution in [0.25, 0.3) is 22.9 Å². The van der Waals surface area contributed by atoms with Gasteiger partial charge in [0.05, 0.1) is 11.3 Å². The van der Waals surface area contributed by atoms with E-state index in [1.54, 1.807) is 48.5 Å². The Morgan fingerprint density at radius 1 is 0.886 bits per heavy atom. The van der Waals surface area contributed by atoms with Gasteiger partial charge in [-0.15, -0.1) is 10.2 Å². The highest BCUT2D eigenvalue weighted by Gasteiger charge is 2.21. The van der Waals surface area contributed by atoms with Crippen LogP contribution in [0.15, 0.2) is 77.2 Å². The van der Waals surface area contributed by atoms with Gasteiger partial charge in [-0.2, -0.15) is 0 Å². The third kappa shape index (κ3) is 5.33. The van der Waals surface area contributed by atoms with Gasteiger partial charge in [0.2, 0.25) is 11.8 Å². The zero-order valence-electron chi connectivity index (χ0n) is 19.4. The van der Waals surface area contributed by atoms with Crippen molar-refractivity contribution in [1.82, 2.24) is 10.2 Å². The van der Waals surface area contributed by atoms with Gasteiger partial charge in [0.15, 0.2) is 11.9 Å². The molecule has 0 fully saturated rings. The molecule has 0 aliphatic rings. The first kappa shape index (κ1) is 23.6. The van der Waals surface area contributed by atoms with Crippen molar-refractivity contribution in [1.29, 1.82) is 0 Å². The van der Waals surface area contributed by atoms with E-state index >= 15 is 0 Å². The molecule has 0 radical (unpaired) electrons. The van der Waals surface area contributed by atoms with E-state index in [0.717, 1.165) is 11.1 Å². The zero-order valence-corrected chi connectivity index (χ0v) is 19.4. The van der Waals surface area contributed by atoms with Crippen molar-refractivity contribution < 1.29 is 23.5 Å². The number of para-hydroxylation sites is 1. The van der Waals surface area contributed by atoms with Crippen LogP contribution in [-0.4, -0.2) is 34.0 Å². The summed E-state index contributed by atoms with van der Waals surface area (Å²) >= 11 is 0. The monoisotopic (exact) mass is 469 g/mol. The number of hydrogen-bond donors (Lipinski definition) is 1. The fourth-order valence-electron chi connectivity index (χ4n) is 3.43. The largest absolute Gasteiger partial charge is 0.449 e. The number of rotatable bonds is 7. The fourth-order valence-corrected chi connectivity index (χ4v) is 3.43. The van der Waals surface area contributed by atoms with Gasteiger partial charge in [-0.05, 0) is 68.8 Å². The Morgan fingerprint density at radius 2 is 1.54 bits per heavy atom. The van der Waals surface area contributed by atoms with E-state index in [2.05, 4.69) is 15.5 Å². The third-order valence-corrected chi connectivity index (χ3v) is 5.39. The Hall–Kier alpha value is -4.59. The Bertz CT molecular complexity index is 1390. The molecule has 35 heavy (non-hydrogen) atoms. The first-order valence-corrected chi connectivity index (χ1v) is 10.9. The van der Waals surface area contributed by atoms with Crippen LogP contribution in [0.2, 0.25) is 0 Å². The SMILES string of the molecule is CC(=O)c1ccccc1NC(=O)C(C)OC(=O)c1ccc(-c2nnc(-c3ccccc3C)o2)cc1. The predicted octanol–water partition coefficient (Wildman–Crippen LogP) is 5.10. The van der Waals surface area contributed by atoms with Gasteiger partial charge in [-0.1, -0.05) is 30.3 Å². The molecule has 3 aromatic carbocycles. The highest BCUT2D eigenvalue weighted by Crippen LogP contribution is 2.26. The molecular weight excluding hydrogens is 446 g/mol. The van der Waals surface area contributed by atoms with Crippen LogP contribution in [0.4, 0.5) is 5.69 Å². The number of nitrogens with one attached hydrogen (secondary N) is 1. The average Bonchev–Trinajstić information content (AvgIpc) is 3.34. The number of hydrogen-bond acceptors (Lipinski definition) is 7. The number of amides is 1. The summed E-state index contributed by atoms with van der Waals surface area (Å²) < 4.78 is 11.1. The molecule has 176 valence electrons. The molecule has 8 nitrogen and oxygen atoms in total. The van der Waals surface area contributed by atoms with E-state index in [1.807, 2.05) is 31.2 Å². The Kier molecular flexibility index (Phi) is 6.82. The molecular formula is C27H23N3O5. The normalized spacial score (nSPS) is 11.5. The van der Waals surface area contributed by atoms with Gasteiger partial charge in [0, 0.05) is 16.7 Å².